The van der Waals surface area contributed by atoms with Crippen LogP contribution >= 0.6 is 0 Å². The SMILES string of the molecule is CC(C)(O)C#Cc1cc(NC(=O)c2cc(-c3cccc(N4CC[C@@H](N)C4)c3)cnc2N)ccn1. The minimum absolute atomic E-state index is 0.138. The molecule has 0 saturated carbocycles. The van der Waals surface area contributed by atoms with Crippen LogP contribution < -0.4 is 21.7 Å². The van der Waals surface area contributed by atoms with Gasteiger partial charge in [-0.2, -0.15) is 0 Å². The lowest BCUT2D eigenvalue weighted by molar-refractivity contribution is 0.102. The van der Waals surface area contributed by atoms with Gasteiger partial charge in [0.1, 0.15) is 17.1 Å². The number of benzene rings is 1. The van der Waals surface area contributed by atoms with Crippen LogP contribution in [0.25, 0.3) is 11.1 Å². The largest absolute Gasteiger partial charge is 0.383 e. The monoisotopic (exact) mass is 456 g/mol. The lowest BCUT2D eigenvalue weighted by atomic mass is 10.0. The number of amides is 1. The summed E-state index contributed by atoms with van der Waals surface area (Å²) < 4.78 is 0. The fraction of sp³-hybridized carbons (Fsp3) is 0.269. The van der Waals surface area contributed by atoms with E-state index >= 15 is 0 Å². The van der Waals surface area contributed by atoms with Crippen molar-refractivity contribution in [3.8, 4) is 23.0 Å². The highest BCUT2D eigenvalue weighted by molar-refractivity contribution is 6.07. The van der Waals surface area contributed by atoms with Crippen molar-refractivity contribution in [1.29, 1.82) is 0 Å². The number of aromatic nitrogens is 2. The van der Waals surface area contributed by atoms with E-state index in [-0.39, 0.29) is 23.3 Å². The average molecular weight is 457 g/mol. The zero-order valence-electron chi connectivity index (χ0n) is 19.2. The number of nitrogen functional groups attached to an aromatic ring is 1. The van der Waals surface area contributed by atoms with Crippen LogP contribution in [0.15, 0.2) is 54.9 Å². The van der Waals surface area contributed by atoms with E-state index in [0.717, 1.165) is 36.3 Å². The molecule has 1 saturated heterocycles. The molecule has 1 fully saturated rings. The second kappa shape index (κ2) is 9.51. The van der Waals surface area contributed by atoms with Gasteiger partial charge in [-0.15, -0.1) is 0 Å². The number of aliphatic hydroxyl groups is 1. The van der Waals surface area contributed by atoms with Crippen LogP contribution in [0.4, 0.5) is 17.2 Å². The molecule has 4 rings (SSSR count). The second-order valence-electron chi connectivity index (χ2n) is 8.89. The molecule has 8 nitrogen and oxygen atoms in total. The first kappa shape index (κ1) is 23.2. The first-order valence-corrected chi connectivity index (χ1v) is 11.1. The van der Waals surface area contributed by atoms with E-state index in [9.17, 15) is 9.90 Å². The summed E-state index contributed by atoms with van der Waals surface area (Å²) in [4.78, 5) is 23.7. The summed E-state index contributed by atoms with van der Waals surface area (Å²) in [6, 6.07) is 13.3. The molecule has 1 aliphatic rings. The lowest BCUT2D eigenvalue weighted by Crippen LogP contribution is -2.26. The molecule has 6 N–H and O–H groups in total. The van der Waals surface area contributed by atoms with Gasteiger partial charge in [-0.05, 0) is 62.1 Å². The zero-order valence-corrected chi connectivity index (χ0v) is 19.2. The van der Waals surface area contributed by atoms with Crippen LogP contribution in [-0.2, 0) is 0 Å². The molecule has 0 radical (unpaired) electrons. The standard InChI is InChI=1S/C26H28N6O2/c1-26(2,34)9-6-20-14-21(7-10-29-20)31-25(33)23-13-18(15-30-24(23)28)17-4-3-5-22(12-17)32-11-8-19(27)16-32/h3-5,7,10,12-15,19,34H,8,11,16,27H2,1-2H3,(H2,28,30)(H,29,31,33)/t19-/m1/s1. The molecule has 3 aromatic rings. The van der Waals surface area contributed by atoms with Gasteiger partial charge >= 0.3 is 0 Å². The minimum Gasteiger partial charge on any atom is -0.383 e. The van der Waals surface area contributed by atoms with Crippen LogP contribution in [0.5, 0.6) is 0 Å². The van der Waals surface area contributed by atoms with Crippen molar-refractivity contribution < 1.29 is 9.90 Å². The Hall–Kier alpha value is -3.93. The molecule has 0 aliphatic carbocycles. The van der Waals surface area contributed by atoms with Crippen LogP contribution in [0.2, 0.25) is 0 Å². The molecule has 0 bridgehead atoms. The number of nitrogens with zero attached hydrogens (tertiary/aromatic N) is 3. The molecule has 1 amide bonds. The molecule has 3 heterocycles. The van der Waals surface area contributed by atoms with E-state index in [1.165, 1.54) is 6.20 Å². The van der Waals surface area contributed by atoms with Crippen LogP contribution in [0.1, 0.15) is 36.3 Å². The Kier molecular flexibility index (Phi) is 6.50. The normalized spacial score (nSPS) is 15.5. The average Bonchev–Trinajstić information content (AvgIpc) is 3.24. The Bertz CT molecular complexity index is 1270. The smallest absolute Gasteiger partial charge is 0.259 e. The first-order chi connectivity index (χ1) is 16.2. The highest BCUT2D eigenvalue weighted by Crippen LogP contribution is 2.28. The Morgan fingerprint density at radius 1 is 1.21 bits per heavy atom. The Labute approximate surface area is 199 Å². The maximum Gasteiger partial charge on any atom is 0.259 e. The van der Waals surface area contributed by atoms with Gasteiger partial charge in [-0.1, -0.05) is 18.1 Å². The Morgan fingerprint density at radius 2 is 2.03 bits per heavy atom. The summed E-state index contributed by atoms with van der Waals surface area (Å²) in [7, 11) is 0. The van der Waals surface area contributed by atoms with Crippen LogP contribution in [-0.4, -0.2) is 45.7 Å². The number of carbonyl (C=O) groups excluding carboxylic acids is 1. The molecule has 2 aromatic heterocycles. The summed E-state index contributed by atoms with van der Waals surface area (Å²) in [6.45, 7) is 4.92. The molecule has 1 aromatic carbocycles. The maximum atomic E-state index is 13.0. The van der Waals surface area contributed by atoms with Crippen molar-refractivity contribution >= 4 is 23.1 Å². The van der Waals surface area contributed by atoms with Gasteiger partial charge in [0, 0.05) is 48.5 Å². The van der Waals surface area contributed by atoms with Gasteiger partial charge in [0.15, 0.2) is 0 Å². The van der Waals surface area contributed by atoms with E-state index in [0.29, 0.717) is 11.4 Å². The molecule has 174 valence electrons. The third-order valence-electron chi connectivity index (χ3n) is 5.45. The molecule has 1 atom stereocenters. The minimum atomic E-state index is -1.14. The van der Waals surface area contributed by atoms with E-state index < -0.39 is 5.60 Å². The summed E-state index contributed by atoms with van der Waals surface area (Å²) in [5.41, 5.74) is 15.0. The number of nitrogens with one attached hydrogen (secondary N) is 1. The van der Waals surface area contributed by atoms with Crippen molar-refractivity contribution in [1.82, 2.24) is 9.97 Å². The predicted octanol–water partition coefficient (Wildman–Crippen LogP) is 2.64. The van der Waals surface area contributed by atoms with Gasteiger partial charge in [0.25, 0.3) is 5.91 Å². The molecule has 34 heavy (non-hydrogen) atoms. The van der Waals surface area contributed by atoms with Crippen molar-refractivity contribution in [2.24, 2.45) is 5.73 Å². The van der Waals surface area contributed by atoms with Gasteiger partial charge in [-0.3, -0.25) is 4.79 Å². The molecular weight excluding hydrogens is 428 g/mol. The van der Waals surface area contributed by atoms with E-state index in [4.69, 9.17) is 11.5 Å². The number of hydrogen-bond donors (Lipinski definition) is 4. The van der Waals surface area contributed by atoms with Crippen LogP contribution in [0.3, 0.4) is 0 Å². The summed E-state index contributed by atoms with van der Waals surface area (Å²) in [5, 5.41) is 12.6. The first-order valence-electron chi connectivity index (χ1n) is 11.1. The number of hydrogen-bond acceptors (Lipinski definition) is 7. The molecule has 1 aliphatic heterocycles. The Balaban J connectivity index is 1.56. The lowest BCUT2D eigenvalue weighted by Gasteiger charge is -2.19. The zero-order chi connectivity index (χ0) is 24.3. The number of nitrogens with two attached hydrogens (primary N) is 2. The fourth-order valence-corrected chi connectivity index (χ4v) is 3.71. The van der Waals surface area contributed by atoms with E-state index in [1.807, 2.05) is 12.1 Å². The van der Waals surface area contributed by atoms with Crippen LogP contribution in [0, 0.1) is 11.8 Å². The van der Waals surface area contributed by atoms with Gasteiger partial charge in [-0.25, -0.2) is 9.97 Å². The number of carbonyl (C=O) groups is 1. The summed E-state index contributed by atoms with van der Waals surface area (Å²) >= 11 is 0. The number of anilines is 3. The highest BCUT2D eigenvalue weighted by atomic mass is 16.3. The Morgan fingerprint density at radius 3 is 2.76 bits per heavy atom. The predicted molar refractivity (Wildman–Crippen MR) is 134 cm³/mol. The van der Waals surface area contributed by atoms with Gasteiger partial charge in [0.05, 0.1) is 5.56 Å². The highest BCUT2D eigenvalue weighted by Gasteiger charge is 2.20. The van der Waals surface area contributed by atoms with Crippen molar-refractivity contribution in [2.45, 2.75) is 31.9 Å². The van der Waals surface area contributed by atoms with Gasteiger partial charge in [0.2, 0.25) is 0 Å². The third kappa shape index (κ3) is 5.70. The molecule has 0 unspecified atom stereocenters. The van der Waals surface area contributed by atoms with E-state index in [2.05, 4.69) is 44.2 Å². The summed E-state index contributed by atoms with van der Waals surface area (Å²) in [6.07, 6.45) is 4.17. The fourth-order valence-electron chi connectivity index (χ4n) is 3.71. The third-order valence-corrected chi connectivity index (χ3v) is 5.45. The van der Waals surface area contributed by atoms with Crippen molar-refractivity contribution in [3.05, 3.63) is 66.1 Å². The topological polar surface area (TPSA) is 130 Å². The van der Waals surface area contributed by atoms with Crippen molar-refractivity contribution in [3.63, 3.8) is 0 Å². The summed E-state index contributed by atoms with van der Waals surface area (Å²) in [5.74, 6) is 5.25. The molecule has 8 heteroatoms. The number of pyridine rings is 2. The molecule has 0 spiro atoms. The second-order valence-corrected chi connectivity index (χ2v) is 8.89. The number of rotatable bonds is 4. The maximum absolute atomic E-state index is 13.0. The van der Waals surface area contributed by atoms with E-state index in [1.54, 1.807) is 38.2 Å². The van der Waals surface area contributed by atoms with Gasteiger partial charge < -0.3 is 26.8 Å². The molecular formula is C26H28N6O2. The van der Waals surface area contributed by atoms with Crippen molar-refractivity contribution in [2.75, 3.05) is 29.0 Å². The quantitative estimate of drug-likeness (QED) is 0.444.